The highest BCUT2D eigenvalue weighted by molar-refractivity contribution is 5.70. The topological polar surface area (TPSA) is 105 Å². The van der Waals surface area contributed by atoms with Crippen LogP contribution >= 0.6 is 0 Å². The molecule has 0 radical (unpaired) electrons. The standard InChI is InChI=1S/C32H43N7O5/c1-32(2,3)44-31(41)39-17-16-37(19-25(39)18-33-4)28-26-13-15-38(30(40)43-21-23-10-7-6-8-11-23)20-27(26)34-29(35-28)42-22-24-12-9-14-36(24)5/h6-8,10-11,24-25H,9,12-22H2,1-3,5H3/t24-,25-/m0/s1. The first kappa shape index (κ1) is 31.3. The maximum Gasteiger partial charge on any atom is 0.410 e. The highest BCUT2D eigenvalue weighted by Gasteiger charge is 2.38. The molecule has 0 N–H and O–H groups in total. The number of anilines is 1. The minimum Gasteiger partial charge on any atom is -0.462 e. The molecule has 12 nitrogen and oxygen atoms in total. The number of likely N-dealkylation sites (N-methyl/N-ethyl adjacent to an activating group) is 1. The minimum atomic E-state index is -0.629. The molecule has 12 heteroatoms. The summed E-state index contributed by atoms with van der Waals surface area (Å²) in [4.78, 5) is 47.1. The van der Waals surface area contributed by atoms with Crippen LogP contribution in [0.1, 0.15) is 50.4 Å². The van der Waals surface area contributed by atoms with Crippen LogP contribution in [0.5, 0.6) is 6.01 Å². The lowest BCUT2D eigenvalue weighted by Gasteiger charge is -2.41. The molecule has 2 aromatic rings. The van der Waals surface area contributed by atoms with Crippen molar-refractivity contribution in [3.63, 3.8) is 0 Å². The van der Waals surface area contributed by atoms with E-state index >= 15 is 0 Å². The summed E-state index contributed by atoms with van der Waals surface area (Å²) < 4.78 is 17.4. The lowest BCUT2D eigenvalue weighted by atomic mass is 10.0. The van der Waals surface area contributed by atoms with Crippen molar-refractivity contribution in [2.45, 2.75) is 70.9 Å². The normalized spacial score (nSPS) is 20.6. The molecule has 4 heterocycles. The van der Waals surface area contributed by atoms with Crippen LogP contribution in [0.4, 0.5) is 15.4 Å². The van der Waals surface area contributed by atoms with Crippen LogP contribution in [-0.4, -0.2) is 107 Å². The predicted molar refractivity (Wildman–Crippen MR) is 164 cm³/mol. The number of nitrogens with zero attached hydrogens (tertiary/aromatic N) is 7. The van der Waals surface area contributed by atoms with Crippen LogP contribution in [-0.2, 0) is 29.0 Å². The molecule has 0 bridgehead atoms. The molecule has 44 heavy (non-hydrogen) atoms. The summed E-state index contributed by atoms with van der Waals surface area (Å²) >= 11 is 0. The predicted octanol–water partition coefficient (Wildman–Crippen LogP) is 3.99. The van der Waals surface area contributed by atoms with Crippen LogP contribution in [0.25, 0.3) is 4.85 Å². The summed E-state index contributed by atoms with van der Waals surface area (Å²) in [6, 6.07) is 9.82. The number of fused-ring (bicyclic) bond motifs is 1. The van der Waals surface area contributed by atoms with E-state index in [-0.39, 0.29) is 31.7 Å². The Morgan fingerprint density at radius 3 is 2.55 bits per heavy atom. The molecule has 0 aliphatic carbocycles. The summed E-state index contributed by atoms with van der Waals surface area (Å²) in [5, 5.41) is 0. The van der Waals surface area contributed by atoms with E-state index in [1.54, 1.807) is 9.80 Å². The Morgan fingerprint density at radius 1 is 1.05 bits per heavy atom. The molecule has 0 unspecified atom stereocenters. The van der Waals surface area contributed by atoms with Gasteiger partial charge in [0.25, 0.3) is 0 Å². The molecule has 2 atom stereocenters. The van der Waals surface area contributed by atoms with Gasteiger partial charge in [-0.2, -0.15) is 9.97 Å². The molecule has 3 aliphatic heterocycles. The lowest BCUT2D eigenvalue weighted by Crippen LogP contribution is -2.57. The van der Waals surface area contributed by atoms with Crippen molar-refractivity contribution in [1.29, 1.82) is 0 Å². The number of carbonyl (C=O) groups is 2. The van der Waals surface area contributed by atoms with Crippen LogP contribution in [0, 0.1) is 6.57 Å². The van der Waals surface area contributed by atoms with Gasteiger partial charge < -0.3 is 33.8 Å². The molecule has 236 valence electrons. The monoisotopic (exact) mass is 605 g/mol. The minimum absolute atomic E-state index is 0.154. The highest BCUT2D eigenvalue weighted by atomic mass is 16.6. The Balaban J connectivity index is 1.36. The second-order valence-corrected chi connectivity index (χ2v) is 12.7. The molecule has 2 saturated heterocycles. The van der Waals surface area contributed by atoms with E-state index in [2.05, 4.69) is 21.7 Å². The molecule has 0 saturated carbocycles. The first-order valence-electron chi connectivity index (χ1n) is 15.4. The fraction of sp³-hybridized carbons (Fsp3) is 0.594. The number of benzene rings is 1. The van der Waals surface area contributed by atoms with Crippen LogP contribution in [0.2, 0.25) is 0 Å². The van der Waals surface area contributed by atoms with E-state index in [4.69, 9.17) is 30.8 Å². The summed E-state index contributed by atoms with van der Waals surface area (Å²) in [7, 11) is 2.10. The van der Waals surface area contributed by atoms with Crippen molar-refractivity contribution in [2.24, 2.45) is 0 Å². The van der Waals surface area contributed by atoms with E-state index < -0.39 is 17.8 Å². The number of likely N-dealkylation sites (tertiary alicyclic amines) is 1. The fourth-order valence-corrected chi connectivity index (χ4v) is 5.91. The molecule has 1 aromatic carbocycles. The average Bonchev–Trinajstić information content (AvgIpc) is 3.42. The van der Waals surface area contributed by atoms with Gasteiger partial charge in [-0.3, -0.25) is 4.90 Å². The third-order valence-corrected chi connectivity index (χ3v) is 8.27. The number of aromatic nitrogens is 2. The van der Waals surface area contributed by atoms with E-state index in [0.717, 1.165) is 42.0 Å². The number of rotatable bonds is 7. The van der Waals surface area contributed by atoms with Crippen LogP contribution < -0.4 is 9.64 Å². The van der Waals surface area contributed by atoms with Crippen molar-refractivity contribution >= 4 is 18.0 Å². The number of amides is 2. The van der Waals surface area contributed by atoms with Crippen molar-refractivity contribution in [1.82, 2.24) is 24.7 Å². The van der Waals surface area contributed by atoms with Crippen LogP contribution in [0.3, 0.4) is 0 Å². The molecule has 5 rings (SSSR count). The molecule has 0 spiro atoms. The van der Waals surface area contributed by atoms with Crippen molar-refractivity contribution < 1.29 is 23.8 Å². The van der Waals surface area contributed by atoms with Crippen molar-refractivity contribution in [2.75, 3.05) is 57.8 Å². The van der Waals surface area contributed by atoms with Gasteiger partial charge in [-0.15, -0.1) is 0 Å². The molecule has 2 fully saturated rings. The molecular weight excluding hydrogens is 562 g/mol. The third kappa shape index (κ3) is 7.69. The first-order valence-corrected chi connectivity index (χ1v) is 15.4. The van der Waals surface area contributed by atoms with Gasteiger partial charge >= 0.3 is 18.2 Å². The fourth-order valence-electron chi connectivity index (χ4n) is 5.91. The number of ether oxygens (including phenoxy) is 3. The largest absolute Gasteiger partial charge is 0.462 e. The van der Waals surface area contributed by atoms with Gasteiger partial charge in [-0.05, 0) is 59.2 Å². The van der Waals surface area contributed by atoms with Gasteiger partial charge in [0.1, 0.15) is 30.7 Å². The SMILES string of the molecule is [C-]#[N+]C[C@H]1CN(c2nc(OC[C@@H]3CCCN3C)nc3c2CCN(C(=O)OCc2ccccc2)C3)CCN1C(=O)OC(C)(C)C. The Morgan fingerprint density at radius 2 is 1.84 bits per heavy atom. The van der Waals surface area contributed by atoms with Gasteiger partial charge in [-0.25, -0.2) is 16.2 Å². The summed E-state index contributed by atoms with van der Waals surface area (Å²) in [6.45, 7) is 17.0. The Bertz CT molecular complexity index is 1360. The van der Waals surface area contributed by atoms with E-state index in [1.165, 1.54) is 0 Å². The zero-order valence-corrected chi connectivity index (χ0v) is 26.2. The van der Waals surface area contributed by atoms with Gasteiger partial charge in [0.2, 0.25) is 6.54 Å². The van der Waals surface area contributed by atoms with E-state index in [9.17, 15) is 9.59 Å². The second kappa shape index (κ2) is 13.7. The zero-order valence-electron chi connectivity index (χ0n) is 26.2. The molecule has 1 aromatic heterocycles. The Labute approximate surface area is 259 Å². The summed E-state index contributed by atoms with van der Waals surface area (Å²) in [5.41, 5.74) is 1.98. The van der Waals surface area contributed by atoms with Crippen LogP contribution in [0.15, 0.2) is 30.3 Å². The number of piperazine rings is 1. The van der Waals surface area contributed by atoms with E-state index in [0.29, 0.717) is 45.2 Å². The number of carbonyl (C=O) groups excluding carboxylic acids is 2. The zero-order chi connectivity index (χ0) is 31.3. The average molecular weight is 606 g/mol. The summed E-state index contributed by atoms with van der Waals surface area (Å²) in [6.07, 6.45) is 1.94. The van der Waals surface area contributed by atoms with E-state index in [1.807, 2.05) is 51.1 Å². The third-order valence-electron chi connectivity index (χ3n) is 8.27. The first-order chi connectivity index (χ1) is 21.1. The Hall–Kier alpha value is -4.11. The lowest BCUT2D eigenvalue weighted by molar-refractivity contribution is 0.0155. The smallest absolute Gasteiger partial charge is 0.410 e. The quantitative estimate of drug-likeness (QED) is 0.434. The van der Waals surface area contributed by atoms with Crippen molar-refractivity contribution in [3.8, 4) is 6.01 Å². The second-order valence-electron chi connectivity index (χ2n) is 12.7. The molecular formula is C32H43N7O5. The highest BCUT2D eigenvalue weighted by Crippen LogP contribution is 2.31. The number of hydrogen-bond acceptors (Lipinski definition) is 9. The van der Waals surface area contributed by atoms with Crippen molar-refractivity contribution in [3.05, 3.63) is 58.6 Å². The van der Waals surface area contributed by atoms with Gasteiger partial charge in [0.15, 0.2) is 0 Å². The Kier molecular flexibility index (Phi) is 9.74. The maximum absolute atomic E-state index is 13.0. The maximum atomic E-state index is 13.0. The molecule has 3 aliphatic rings. The van der Waals surface area contributed by atoms with Gasteiger partial charge in [0, 0.05) is 37.8 Å². The molecule has 2 amide bonds. The number of hydrogen-bond donors (Lipinski definition) is 0. The summed E-state index contributed by atoms with van der Waals surface area (Å²) in [5.74, 6) is 0.737. The van der Waals surface area contributed by atoms with Gasteiger partial charge in [-0.1, -0.05) is 30.3 Å². The van der Waals surface area contributed by atoms with Gasteiger partial charge in [0.05, 0.1) is 12.2 Å².